The van der Waals surface area contributed by atoms with Crippen LogP contribution in [0.25, 0.3) is 45.0 Å². The predicted octanol–water partition coefficient (Wildman–Crippen LogP) is 16.1. The van der Waals surface area contributed by atoms with Gasteiger partial charge in [-0.1, -0.05) is 144 Å². The number of aromatic amines is 4. The zero-order valence-electron chi connectivity index (χ0n) is 75.6. The molecule has 4 aromatic carbocycles. The largest absolute Gasteiger partial charge is 0.450 e. The Morgan fingerprint density at radius 2 is 0.744 bits per heavy atom. The van der Waals surface area contributed by atoms with Gasteiger partial charge in [-0.05, 0) is 217 Å². The number of hydrogen-bond donors (Lipinski definition) is 10. The summed E-state index contributed by atoms with van der Waals surface area (Å²) in [6.07, 6.45) is 17.0. The fourth-order valence-electron chi connectivity index (χ4n) is 14.8. The molecule has 28 heteroatoms. The Morgan fingerprint density at radius 3 is 1.13 bits per heavy atom. The predicted molar refractivity (Wildman–Crippen MR) is 509 cm³/mol. The molecule has 0 radical (unpaired) electrons. The average molecular weight is 1740 g/mol. The quantitative estimate of drug-likeness (QED) is 0.0381. The standard InChI is InChI=1S/C30H36N4O4.C26H31N5O2.C24H28N6O2.C21H21N3O2/c1-5-38-29(37)34-15-13-20(14-16-34)17-24-7-6-8-25(32-24)22-18-26(28(36)31-19-22)33-27(35)21-9-11-23(12-10-21)30(2,3)4;1-26(2,3)20-6-4-18(5-7-20)24(32)31-22-15-19(16-29-25(22)33)21-10-13-28-23(30-21)14-17-8-11-27-12-9-17;1-24(2,3)18-6-4-16(5-7-18)21(31)28-20-14-17(15-27-22(20)32)19-8-9-26-23(29-19)30-12-10-25-11-13-30;1-21(2,3)16-9-7-14(8-10-16)19(25)24-18-12-15(13-23-20(18)26)17-6-4-5-11-22-17/h6-12,18-20H,5,13-17H2,1-4H3,(H,31,36)(H,33,35);4-7,10,13,15-17,27H,8-9,11-12,14H2,1-3H3,(H,29,33)(H,31,32);4-9,14-15,25H,10-13H2,1-3H3,(H,27,32)(H,28,31);4-13H,1-3H3,(H,23,26)(H,24,25). The summed E-state index contributed by atoms with van der Waals surface area (Å²) in [5.41, 5.74) is 12.4. The normalized spacial score (nSPS) is 13.8. The third-order valence-electron chi connectivity index (χ3n) is 22.6. The van der Waals surface area contributed by atoms with E-state index >= 15 is 0 Å². The Labute approximate surface area is 751 Å². The van der Waals surface area contributed by atoms with Crippen LogP contribution in [-0.2, 0) is 39.2 Å². The number of rotatable bonds is 18. The number of nitrogens with one attached hydrogen (secondary N) is 10. The van der Waals surface area contributed by atoms with E-state index in [1.54, 1.807) is 127 Å². The van der Waals surface area contributed by atoms with Crippen LogP contribution < -0.4 is 59.0 Å². The Hall–Kier alpha value is -14.0. The lowest BCUT2D eigenvalue weighted by Crippen LogP contribution is -2.44. The number of piperidine rings is 2. The second-order valence-corrected chi connectivity index (χ2v) is 36.4. The molecule has 0 unspecified atom stereocenters. The maximum Gasteiger partial charge on any atom is 0.409 e. The van der Waals surface area contributed by atoms with E-state index in [0.29, 0.717) is 87.9 Å². The molecule has 12 aromatic rings. The number of carbonyl (C=O) groups excluding carboxylic acids is 5. The topological polar surface area (TPSA) is 382 Å². The Bertz CT molecular complexity index is 6130. The van der Waals surface area contributed by atoms with E-state index in [0.717, 1.165) is 128 Å². The summed E-state index contributed by atoms with van der Waals surface area (Å²) in [6, 6.07) is 51.3. The number of pyridine rings is 6. The van der Waals surface area contributed by atoms with Crippen molar-refractivity contribution in [3.63, 3.8) is 0 Å². The molecule has 3 fully saturated rings. The first-order valence-corrected chi connectivity index (χ1v) is 43.8. The molecule has 11 heterocycles. The zero-order chi connectivity index (χ0) is 92.2. The van der Waals surface area contributed by atoms with Gasteiger partial charge in [-0.3, -0.25) is 48.3 Å². The van der Waals surface area contributed by atoms with E-state index in [1.807, 2.05) is 97.9 Å². The molecular weight excluding hydrogens is 1630 g/mol. The van der Waals surface area contributed by atoms with Gasteiger partial charge in [0.1, 0.15) is 28.6 Å². The highest BCUT2D eigenvalue weighted by molar-refractivity contribution is 6.06. The fourth-order valence-corrected chi connectivity index (χ4v) is 14.8. The number of ether oxygens (including phenoxy) is 1. The van der Waals surface area contributed by atoms with E-state index in [1.165, 1.54) is 0 Å². The number of piperazine rings is 1. The number of amides is 5. The van der Waals surface area contributed by atoms with Crippen LogP contribution in [0.3, 0.4) is 0 Å². The second-order valence-electron chi connectivity index (χ2n) is 36.4. The summed E-state index contributed by atoms with van der Waals surface area (Å²) in [4.78, 5) is 154. The van der Waals surface area contributed by atoms with Gasteiger partial charge in [-0.2, -0.15) is 0 Å². The molecule has 670 valence electrons. The molecule has 28 nitrogen and oxygen atoms in total. The number of likely N-dealkylation sites (tertiary alicyclic amines) is 1. The van der Waals surface area contributed by atoms with Crippen molar-refractivity contribution in [1.82, 2.24) is 65.4 Å². The molecule has 3 aliphatic heterocycles. The summed E-state index contributed by atoms with van der Waals surface area (Å²) in [7, 11) is 0. The number of benzene rings is 4. The molecule has 0 saturated carbocycles. The maximum absolute atomic E-state index is 12.8. The highest BCUT2D eigenvalue weighted by Crippen LogP contribution is 2.31. The summed E-state index contributed by atoms with van der Waals surface area (Å²) >= 11 is 0. The lowest BCUT2D eigenvalue weighted by atomic mass is 9.86. The zero-order valence-corrected chi connectivity index (χ0v) is 75.6. The highest BCUT2D eigenvalue weighted by Gasteiger charge is 2.27. The number of H-pyrrole nitrogens is 4. The molecule has 0 bridgehead atoms. The minimum atomic E-state index is -0.377. The molecule has 0 aliphatic carbocycles. The van der Waals surface area contributed by atoms with E-state index in [-0.39, 0.29) is 96.4 Å². The monoisotopic (exact) mass is 1740 g/mol. The van der Waals surface area contributed by atoms with Crippen molar-refractivity contribution in [2.75, 3.05) is 85.1 Å². The van der Waals surface area contributed by atoms with Gasteiger partial charge in [-0.25, -0.2) is 24.7 Å². The average Bonchev–Trinajstić information content (AvgIpc) is 0.815. The van der Waals surface area contributed by atoms with Crippen LogP contribution in [0.4, 0.5) is 33.5 Å². The molecule has 15 rings (SSSR count). The van der Waals surface area contributed by atoms with E-state index in [9.17, 15) is 43.2 Å². The minimum absolute atomic E-state index is 0.00158. The number of anilines is 5. The molecule has 8 aromatic heterocycles. The van der Waals surface area contributed by atoms with Crippen LogP contribution in [0.15, 0.2) is 232 Å². The van der Waals surface area contributed by atoms with Crippen molar-refractivity contribution >= 4 is 58.4 Å². The van der Waals surface area contributed by atoms with Crippen molar-refractivity contribution in [2.45, 2.75) is 150 Å². The third-order valence-corrected chi connectivity index (χ3v) is 22.6. The lowest BCUT2D eigenvalue weighted by Gasteiger charge is -2.31. The number of carbonyl (C=O) groups is 5. The van der Waals surface area contributed by atoms with E-state index in [2.05, 4.69) is 160 Å². The van der Waals surface area contributed by atoms with Crippen LogP contribution in [0.2, 0.25) is 0 Å². The van der Waals surface area contributed by atoms with Gasteiger partial charge in [0.2, 0.25) is 5.95 Å². The summed E-state index contributed by atoms with van der Waals surface area (Å²) in [5, 5.41) is 17.6. The van der Waals surface area contributed by atoms with Crippen molar-refractivity contribution in [3.8, 4) is 45.0 Å². The number of hydrogen-bond acceptors (Lipinski definition) is 19. The third kappa shape index (κ3) is 26.3. The van der Waals surface area contributed by atoms with Crippen molar-refractivity contribution < 1.29 is 28.7 Å². The van der Waals surface area contributed by atoms with Gasteiger partial charge in [0.15, 0.2) is 0 Å². The Balaban J connectivity index is 0.000000157. The summed E-state index contributed by atoms with van der Waals surface area (Å²) in [5.74, 6) is 1.13. The minimum Gasteiger partial charge on any atom is -0.450 e. The summed E-state index contributed by atoms with van der Waals surface area (Å²) in [6.45, 7) is 34.5. The molecular formula is C101H116N18O10. The molecule has 10 N–H and O–H groups in total. The highest BCUT2D eigenvalue weighted by atomic mass is 16.6. The molecule has 3 aliphatic rings. The summed E-state index contributed by atoms with van der Waals surface area (Å²) < 4.78 is 5.11. The van der Waals surface area contributed by atoms with Gasteiger partial charge in [0.25, 0.3) is 45.9 Å². The first-order chi connectivity index (χ1) is 61.6. The molecule has 3 saturated heterocycles. The van der Waals surface area contributed by atoms with Crippen LogP contribution in [0.5, 0.6) is 0 Å². The van der Waals surface area contributed by atoms with Gasteiger partial charge >= 0.3 is 6.09 Å². The maximum atomic E-state index is 12.8. The second kappa shape index (κ2) is 42.5. The Kier molecular flexibility index (Phi) is 31.0. The molecule has 0 atom stereocenters. The van der Waals surface area contributed by atoms with Crippen molar-refractivity contribution in [2.24, 2.45) is 11.8 Å². The van der Waals surface area contributed by atoms with Gasteiger partial charge in [-0.15, -0.1) is 0 Å². The van der Waals surface area contributed by atoms with Gasteiger partial charge in [0, 0.05) is 139 Å². The first-order valence-electron chi connectivity index (χ1n) is 43.8. The van der Waals surface area contributed by atoms with Crippen LogP contribution in [-0.4, -0.2) is 143 Å². The molecule has 129 heavy (non-hydrogen) atoms. The smallest absolute Gasteiger partial charge is 0.409 e. The van der Waals surface area contributed by atoms with Gasteiger partial charge < -0.3 is 66.4 Å². The van der Waals surface area contributed by atoms with Crippen LogP contribution in [0, 0.1) is 11.8 Å². The van der Waals surface area contributed by atoms with E-state index in [4.69, 9.17) is 14.7 Å². The Morgan fingerprint density at radius 1 is 0.380 bits per heavy atom. The SMILES string of the molecule is CC(C)(C)c1ccc(C(=O)Nc2cc(-c3ccccn3)c[nH]c2=O)cc1.CC(C)(C)c1ccc(C(=O)Nc2cc(-c3ccnc(CC4CCNCC4)n3)c[nH]c2=O)cc1.CC(C)(C)c1ccc(C(=O)Nc2cc(-c3ccnc(N4CCNCC4)n3)c[nH]c2=O)cc1.CCOC(=O)N1CCC(Cc2cccc(-c3c[nH]c(=O)c(NC(=O)c4ccc(C(C)(C)C)cc4)c3)n2)CC1. The molecule has 5 amide bonds. The van der Waals surface area contributed by atoms with Crippen LogP contribution in [0.1, 0.15) is 191 Å². The fraction of sp³-hybridized carbons (Fsp3) is 0.337. The number of nitrogens with zero attached hydrogens (tertiary/aromatic N) is 8. The van der Waals surface area contributed by atoms with Crippen LogP contribution >= 0.6 is 0 Å². The lowest BCUT2D eigenvalue weighted by molar-refractivity contribution is 0.0915. The van der Waals surface area contributed by atoms with Crippen molar-refractivity contribution in [3.05, 3.63) is 311 Å². The van der Waals surface area contributed by atoms with E-state index < -0.39 is 0 Å². The first kappa shape index (κ1) is 94.1. The molecule has 0 spiro atoms. The van der Waals surface area contributed by atoms with Gasteiger partial charge in [0.05, 0.1) is 29.4 Å². The number of aromatic nitrogens is 10. The van der Waals surface area contributed by atoms with Crippen molar-refractivity contribution in [1.29, 1.82) is 0 Å².